The Bertz CT molecular complexity index is 792. The van der Waals surface area contributed by atoms with Crippen LogP contribution >= 0.6 is 23.1 Å². The minimum Gasteiger partial charge on any atom is -0.298 e. The van der Waals surface area contributed by atoms with E-state index in [1.54, 1.807) is 15.9 Å². The third-order valence-electron chi connectivity index (χ3n) is 4.32. The Balaban J connectivity index is 2.09. The van der Waals surface area contributed by atoms with E-state index < -0.39 is 0 Å². The molecule has 2 aromatic heterocycles. The highest BCUT2D eigenvalue weighted by molar-refractivity contribution is 8.00. The van der Waals surface area contributed by atoms with Crippen molar-refractivity contribution in [3.05, 3.63) is 20.8 Å². The number of thioether (sulfide) groups is 1. The van der Waals surface area contributed by atoms with Crippen molar-refractivity contribution in [3.8, 4) is 0 Å². The van der Waals surface area contributed by atoms with E-state index in [1.807, 2.05) is 20.8 Å². The Labute approximate surface area is 137 Å². The number of nitrogens with zero attached hydrogens (tertiary/aromatic N) is 2. The summed E-state index contributed by atoms with van der Waals surface area (Å²) in [6.45, 7) is 6.54. The Hall–Kier alpha value is -1.14. The van der Waals surface area contributed by atoms with Crippen LogP contribution in [0.3, 0.4) is 0 Å². The molecule has 0 aliphatic heterocycles. The molecule has 1 aliphatic rings. The summed E-state index contributed by atoms with van der Waals surface area (Å²) in [4.78, 5) is 31.5. The third-order valence-corrected chi connectivity index (χ3v) is 6.72. The van der Waals surface area contributed by atoms with Crippen LogP contribution in [0.2, 0.25) is 0 Å². The monoisotopic (exact) mass is 336 g/mol. The van der Waals surface area contributed by atoms with Gasteiger partial charge in [-0.15, -0.1) is 11.3 Å². The molecule has 0 unspecified atom stereocenters. The van der Waals surface area contributed by atoms with E-state index in [2.05, 4.69) is 0 Å². The van der Waals surface area contributed by atoms with Crippen molar-refractivity contribution in [2.24, 2.45) is 0 Å². The molecule has 2 heterocycles. The summed E-state index contributed by atoms with van der Waals surface area (Å²) >= 11 is 3.04. The van der Waals surface area contributed by atoms with Gasteiger partial charge in [-0.05, 0) is 39.2 Å². The Morgan fingerprint density at radius 2 is 2.09 bits per heavy atom. The van der Waals surface area contributed by atoms with Gasteiger partial charge in [-0.1, -0.05) is 18.2 Å². The molecule has 6 heteroatoms. The molecule has 3 rings (SSSR count). The number of hydrogen-bond donors (Lipinski definition) is 0. The predicted molar refractivity (Wildman–Crippen MR) is 92.1 cm³/mol. The fourth-order valence-electron chi connectivity index (χ4n) is 2.88. The topological polar surface area (TPSA) is 52.0 Å². The number of fused-ring (bicyclic) bond motifs is 1. The molecule has 0 radical (unpaired) electrons. The van der Waals surface area contributed by atoms with Crippen molar-refractivity contribution >= 4 is 39.1 Å². The minimum atomic E-state index is -0.0435. The summed E-state index contributed by atoms with van der Waals surface area (Å²) in [5.41, 5.74) is 1.06. The molecule has 22 heavy (non-hydrogen) atoms. The smallest absolute Gasteiger partial charge is 0.263 e. The number of thiophene rings is 1. The molecule has 0 aromatic carbocycles. The summed E-state index contributed by atoms with van der Waals surface area (Å²) in [7, 11) is 0. The lowest BCUT2D eigenvalue weighted by atomic mass is 9.99. The summed E-state index contributed by atoms with van der Waals surface area (Å²) < 4.78 is 1.72. The number of aryl methyl sites for hydroxylation is 2. The first-order valence-electron chi connectivity index (χ1n) is 7.72. The highest BCUT2D eigenvalue weighted by Gasteiger charge is 2.26. The molecule has 1 fully saturated rings. The molecule has 0 N–H and O–H groups in total. The fraction of sp³-hybridized carbons (Fsp3) is 0.562. The van der Waals surface area contributed by atoms with Crippen LogP contribution in [0.25, 0.3) is 10.2 Å². The van der Waals surface area contributed by atoms with E-state index in [-0.39, 0.29) is 10.8 Å². The van der Waals surface area contributed by atoms with Crippen LogP contribution in [-0.4, -0.2) is 20.6 Å². The van der Waals surface area contributed by atoms with Gasteiger partial charge in [0, 0.05) is 17.8 Å². The Morgan fingerprint density at radius 3 is 2.77 bits per heavy atom. The summed E-state index contributed by atoms with van der Waals surface area (Å²) in [5, 5.41) is 1.39. The van der Waals surface area contributed by atoms with Crippen molar-refractivity contribution in [1.29, 1.82) is 0 Å². The van der Waals surface area contributed by atoms with Gasteiger partial charge in [0.15, 0.2) is 5.16 Å². The number of ketones is 1. The first-order valence-corrected chi connectivity index (χ1v) is 9.42. The second-order valence-corrected chi connectivity index (χ2v) is 8.10. The molecule has 2 aromatic rings. The van der Waals surface area contributed by atoms with Gasteiger partial charge < -0.3 is 0 Å². The van der Waals surface area contributed by atoms with Gasteiger partial charge in [-0.3, -0.25) is 14.2 Å². The average molecular weight is 336 g/mol. The van der Waals surface area contributed by atoms with Crippen LogP contribution in [-0.2, 0) is 11.3 Å². The van der Waals surface area contributed by atoms with Crippen molar-refractivity contribution < 1.29 is 4.79 Å². The summed E-state index contributed by atoms with van der Waals surface area (Å²) in [6, 6.07) is 0. The highest BCUT2D eigenvalue weighted by atomic mass is 32.2. The number of rotatable bonds is 3. The number of aromatic nitrogens is 2. The first-order chi connectivity index (χ1) is 10.5. The van der Waals surface area contributed by atoms with Crippen LogP contribution in [0, 0.1) is 13.8 Å². The highest BCUT2D eigenvalue weighted by Crippen LogP contribution is 2.33. The maximum atomic E-state index is 12.8. The van der Waals surface area contributed by atoms with Gasteiger partial charge >= 0.3 is 0 Å². The van der Waals surface area contributed by atoms with E-state index in [1.165, 1.54) is 11.8 Å². The summed E-state index contributed by atoms with van der Waals surface area (Å²) in [6.07, 6.45) is 3.63. The molecule has 1 aliphatic carbocycles. The third kappa shape index (κ3) is 2.63. The first kappa shape index (κ1) is 15.7. The quantitative estimate of drug-likeness (QED) is 0.802. The fourth-order valence-corrected chi connectivity index (χ4v) is 5.23. The molecule has 0 saturated heterocycles. The van der Waals surface area contributed by atoms with Crippen molar-refractivity contribution in [2.45, 2.75) is 63.4 Å². The second kappa shape index (κ2) is 6.16. The molecule has 1 saturated carbocycles. The van der Waals surface area contributed by atoms with Crippen LogP contribution in [0.5, 0.6) is 0 Å². The Morgan fingerprint density at radius 1 is 1.32 bits per heavy atom. The number of hydrogen-bond acceptors (Lipinski definition) is 5. The average Bonchev–Trinajstić information content (AvgIpc) is 2.77. The van der Waals surface area contributed by atoms with Gasteiger partial charge in [-0.2, -0.15) is 0 Å². The van der Waals surface area contributed by atoms with Crippen LogP contribution in [0.15, 0.2) is 9.95 Å². The predicted octanol–water partition coefficient (Wildman–Crippen LogP) is 3.70. The maximum Gasteiger partial charge on any atom is 0.263 e. The zero-order chi connectivity index (χ0) is 15.9. The SMILES string of the molecule is CCn1c(S[C@H]2CCCCC2=O)nc2sc(C)c(C)c2c1=O. The zero-order valence-electron chi connectivity index (χ0n) is 13.1. The van der Waals surface area contributed by atoms with Gasteiger partial charge in [0.05, 0.1) is 10.6 Å². The van der Waals surface area contributed by atoms with Gasteiger partial charge in [0.1, 0.15) is 10.6 Å². The minimum absolute atomic E-state index is 0.0279. The molecule has 0 amide bonds. The number of carbonyl (C=O) groups excluding carboxylic acids is 1. The molecule has 4 nitrogen and oxygen atoms in total. The summed E-state index contributed by atoms with van der Waals surface area (Å²) in [5.74, 6) is 0.298. The van der Waals surface area contributed by atoms with Crippen molar-refractivity contribution in [3.63, 3.8) is 0 Å². The van der Waals surface area contributed by atoms with Crippen molar-refractivity contribution in [2.75, 3.05) is 0 Å². The lowest BCUT2D eigenvalue weighted by Crippen LogP contribution is -2.26. The molecular formula is C16H20N2O2S2. The van der Waals surface area contributed by atoms with Gasteiger partial charge in [-0.25, -0.2) is 4.98 Å². The maximum absolute atomic E-state index is 12.8. The molecule has 1 atom stereocenters. The van der Waals surface area contributed by atoms with Crippen LogP contribution in [0.4, 0.5) is 0 Å². The largest absolute Gasteiger partial charge is 0.298 e. The van der Waals surface area contributed by atoms with Crippen LogP contribution in [0.1, 0.15) is 43.0 Å². The lowest BCUT2D eigenvalue weighted by Gasteiger charge is -2.20. The lowest BCUT2D eigenvalue weighted by molar-refractivity contribution is -0.119. The Kier molecular flexibility index (Phi) is 4.41. The van der Waals surface area contributed by atoms with E-state index >= 15 is 0 Å². The van der Waals surface area contributed by atoms with Gasteiger partial charge in [0.25, 0.3) is 5.56 Å². The number of Topliss-reactive ketones (excluding diaryl/α,β-unsaturated/α-hetero) is 1. The molecule has 0 bridgehead atoms. The molecule has 0 spiro atoms. The normalized spacial score (nSPS) is 19.0. The van der Waals surface area contributed by atoms with E-state index in [4.69, 9.17) is 4.98 Å². The van der Waals surface area contributed by atoms with Gasteiger partial charge in [0.2, 0.25) is 0 Å². The van der Waals surface area contributed by atoms with E-state index in [0.717, 1.165) is 39.9 Å². The zero-order valence-corrected chi connectivity index (χ0v) is 14.8. The van der Waals surface area contributed by atoms with Crippen molar-refractivity contribution in [1.82, 2.24) is 9.55 Å². The molecular weight excluding hydrogens is 316 g/mol. The second-order valence-electron chi connectivity index (χ2n) is 5.73. The number of carbonyl (C=O) groups is 1. The standard InChI is InChI=1S/C16H20N2O2S2/c1-4-18-15(20)13-9(2)10(3)21-14(13)17-16(18)22-12-8-6-5-7-11(12)19/h12H,4-8H2,1-3H3/t12-/m0/s1. The van der Waals surface area contributed by atoms with E-state index in [0.29, 0.717) is 23.9 Å². The van der Waals surface area contributed by atoms with Crippen LogP contribution < -0.4 is 5.56 Å². The molecule has 118 valence electrons. The van der Waals surface area contributed by atoms with E-state index in [9.17, 15) is 9.59 Å².